The summed E-state index contributed by atoms with van der Waals surface area (Å²) in [4.78, 5) is 12.8. The van der Waals surface area contributed by atoms with Crippen molar-refractivity contribution in [2.24, 2.45) is 5.92 Å². The van der Waals surface area contributed by atoms with Gasteiger partial charge in [0.2, 0.25) is 26.0 Å². The van der Waals surface area contributed by atoms with Gasteiger partial charge in [0.05, 0.1) is 15.8 Å². The number of nitrogens with one attached hydrogen (secondary N) is 1. The quantitative estimate of drug-likeness (QED) is 0.589. The number of benzene rings is 2. The Morgan fingerprint density at radius 2 is 1.76 bits per heavy atom. The van der Waals surface area contributed by atoms with Crippen LogP contribution in [0.4, 0.5) is 0 Å². The molecular formula is C21H25Cl2N3O5S2. The molecule has 1 N–H and O–H groups in total. The first-order chi connectivity index (χ1) is 15.4. The topological polar surface area (TPSA) is 104 Å². The normalized spacial score (nSPS) is 17.8. The van der Waals surface area contributed by atoms with Gasteiger partial charge in [0, 0.05) is 38.8 Å². The molecule has 0 spiro atoms. The maximum atomic E-state index is 13.1. The SMILES string of the molecule is CN(C)S(=O)(=O)c1ccc(CNC(=O)C2CCCN(S(=O)(=O)c3cc(Cl)ccc3Cl)C2)cc1. The van der Waals surface area contributed by atoms with Gasteiger partial charge in [-0.05, 0) is 48.7 Å². The lowest BCUT2D eigenvalue weighted by molar-refractivity contribution is -0.126. The minimum atomic E-state index is -3.90. The van der Waals surface area contributed by atoms with Gasteiger partial charge in [-0.25, -0.2) is 21.1 Å². The van der Waals surface area contributed by atoms with E-state index in [0.29, 0.717) is 12.8 Å². The largest absolute Gasteiger partial charge is 0.352 e. The van der Waals surface area contributed by atoms with Crippen LogP contribution in [0.5, 0.6) is 0 Å². The molecular weight excluding hydrogens is 509 g/mol. The summed E-state index contributed by atoms with van der Waals surface area (Å²) < 4.78 is 52.8. The maximum absolute atomic E-state index is 13.1. The fraction of sp³-hybridized carbons (Fsp3) is 0.381. The fourth-order valence-electron chi connectivity index (χ4n) is 3.51. The van der Waals surface area contributed by atoms with Crippen molar-refractivity contribution in [3.05, 3.63) is 58.1 Å². The highest BCUT2D eigenvalue weighted by Gasteiger charge is 2.34. The molecule has 0 aliphatic carbocycles. The molecule has 3 rings (SSSR count). The average Bonchev–Trinajstić information content (AvgIpc) is 2.79. The molecule has 1 fully saturated rings. The molecule has 1 unspecified atom stereocenters. The lowest BCUT2D eigenvalue weighted by Gasteiger charge is -2.31. The van der Waals surface area contributed by atoms with Crippen LogP contribution < -0.4 is 5.32 Å². The van der Waals surface area contributed by atoms with Crippen molar-refractivity contribution in [2.75, 3.05) is 27.2 Å². The number of carbonyl (C=O) groups excluding carboxylic acids is 1. The summed E-state index contributed by atoms with van der Waals surface area (Å²) in [6, 6.07) is 10.5. The Morgan fingerprint density at radius 1 is 1.09 bits per heavy atom. The van der Waals surface area contributed by atoms with Gasteiger partial charge in [-0.3, -0.25) is 4.79 Å². The third-order valence-electron chi connectivity index (χ3n) is 5.43. The zero-order chi connectivity index (χ0) is 24.4. The van der Waals surface area contributed by atoms with Crippen LogP contribution in [0.2, 0.25) is 10.0 Å². The third kappa shape index (κ3) is 5.87. The second-order valence-electron chi connectivity index (χ2n) is 7.93. The molecule has 1 amide bonds. The standard InChI is InChI=1S/C21H25Cl2N3O5S2/c1-25(2)32(28,29)18-8-5-15(6-9-18)13-24-21(27)16-4-3-11-26(14-16)33(30,31)20-12-17(22)7-10-19(20)23/h5-10,12,16H,3-4,11,13-14H2,1-2H3,(H,24,27). The van der Waals surface area contributed by atoms with Crippen LogP contribution in [0.1, 0.15) is 18.4 Å². The predicted molar refractivity (Wildman–Crippen MR) is 127 cm³/mol. The van der Waals surface area contributed by atoms with Crippen LogP contribution >= 0.6 is 23.2 Å². The molecule has 0 radical (unpaired) electrons. The Balaban J connectivity index is 1.65. The van der Waals surface area contributed by atoms with Crippen molar-refractivity contribution in [3.8, 4) is 0 Å². The van der Waals surface area contributed by atoms with Gasteiger partial charge in [-0.2, -0.15) is 4.31 Å². The molecule has 2 aromatic rings. The number of hydrogen-bond acceptors (Lipinski definition) is 5. The molecule has 1 aliphatic heterocycles. The number of piperidine rings is 1. The molecule has 12 heteroatoms. The van der Waals surface area contributed by atoms with Crippen LogP contribution in [-0.4, -0.2) is 58.5 Å². The van der Waals surface area contributed by atoms with E-state index in [2.05, 4.69) is 5.32 Å². The van der Waals surface area contributed by atoms with E-state index in [0.717, 1.165) is 9.87 Å². The molecule has 0 aromatic heterocycles. The minimum Gasteiger partial charge on any atom is -0.352 e. The highest BCUT2D eigenvalue weighted by atomic mass is 35.5. The molecule has 1 atom stereocenters. The van der Waals surface area contributed by atoms with Gasteiger partial charge < -0.3 is 5.32 Å². The second-order valence-corrected chi connectivity index (χ2v) is 12.8. The van der Waals surface area contributed by atoms with Crippen molar-refractivity contribution in [1.29, 1.82) is 0 Å². The summed E-state index contributed by atoms with van der Waals surface area (Å²) in [5, 5.41) is 3.15. The summed E-state index contributed by atoms with van der Waals surface area (Å²) in [5.41, 5.74) is 0.729. The Hall–Kier alpha value is -1.69. The van der Waals surface area contributed by atoms with Crippen LogP contribution in [0.25, 0.3) is 0 Å². The molecule has 8 nitrogen and oxygen atoms in total. The third-order valence-corrected chi connectivity index (χ3v) is 9.85. The second kappa shape index (κ2) is 10.3. The molecule has 0 bridgehead atoms. The zero-order valence-corrected chi connectivity index (χ0v) is 21.3. The molecule has 1 heterocycles. The average molecular weight is 534 g/mol. The molecule has 180 valence electrons. The highest BCUT2D eigenvalue weighted by Crippen LogP contribution is 2.30. The summed E-state index contributed by atoms with van der Waals surface area (Å²) in [7, 11) is -4.51. The van der Waals surface area contributed by atoms with Gasteiger partial charge in [-0.1, -0.05) is 35.3 Å². The Kier molecular flexibility index (Phi) is 8.08. The zero-order valence-electron chi connectivity index (χ0n) is 18.2. The number of amides is 1. The van der Waals surface area contributed by atoms with Gasteiger partial charge in [-0.15, -0.1) is 0 Å². The monoisotopic (exact) mass is 533 g/mol. The summed E-state index contributed by atoms with van der Waals surface area (Å²) >= 11 is 12.0. The van der Waals surface area contributed by atoms with E-state index in [1.165, 1.54) is 48.7 Å². The van der Waals surface area contributed by atoms with E-state index in [1.807, 2.05) is 0 Å². The summed E-state index contributed by atoms with van der Waals surface area (Å²) in [6.45, 7) is 0.526. The Bertz CT molecular complexity index is 1230. The summed E-state index contributed by atoms with van der Waals surface area (Å²) in [5.74, 6) is -0.781. The number of hydrogen-bond donors (Lipinski definition) is 1. The maximum Gasteiger partial charge on any atom is 0.244 e. The number of sulfonamides is 2. The van der Waals surface area contributed by atoms with Crippen molar-refractivity contribution < 1.29 is 21.6 Å². The molecule has 0 saturated carbocycles. The molecule has 33 heavy (non-hydrogen) atoms. The highest BCUT2D eigenvalue weighted by molar-refractivity contribution is 7.89. The molecule has 1 saturated heterocycles. The lowest BCUT2D eigenvalue weighted by Crippen LogP contribution is -2.45. The van der Waals surface area contributed by atoms with Crippen LogP contribution in [0.3, 0.4) is 0 Å². The number of halogens is 2. The van der Waals surface area contributed by atoms with E-state index >= 15 is 0 Å². The van der Waals surface area contributed by atoms with E-state index in [-0.39, 0.29) is 45.4 Å². The Labute approximate surface area is 204 Å². The first-order valence-electron chi connectivity index (χ1n) is 10.2. The van der Waals surface area contributed by atoms with Gasteiger partial charge in [0.25, 0.3) is 0 Å². The van der Waals surface area contributed by atoms with Crippen molar-refractivity contribution in [1.82, 2.24) is 13.9 Å². The lowest BCUT2D eigenvalue weighted by atomic mass is 9.99. The van der Waals surface area contributed by atoms with Crippen LogP contribution in [0, 0.1) is 5.92 Å². The first-order valence-corrected chi connectivity index (χ1v) is 13.8. The van der Waals surface area contributed by atoms with Gasteiger partial charge >= 0.3 is 0 Å². The van der Waals surface area contributed by atoms with E-state index < -0.39 is 26.0 Å². The number of rotatable bonds is 7. The predicted octanol–water partition coefficient (Wildman–Crippen LogP) is 2.96. The van der Waals surface area contributed by atoms with Crippen molar-refractivity contribution >= 4 is 49.2 Å². The van der Waals surface area contributed by atoms with Crippen LogP contribution in [0.15, 0.2) is 52.3 Å². The first kappa shape index (κ1) is 25.9. The summed E-state index contributed by atoms with van der Waals surface area (Å²) in [6.07, 6.45) is 1.09. The van der Waals surface area contributed by atoms with Crippen molar-refractivity contribution in [2.45, 2.75) is 29.2 Å². The smallest absolute Gasteiger partial charge is 0.244 e. The minimum absolute atomic E-state index is 0.0387. The molecule has 1 aliphatic rings. The van der Waals surface area contributed by atoms with E-state index in [1.54, 1.807) is 12.1 Å². The Morgan fingerprint density at radius 3 is 2.39 bits per heavy atom. The van der Waals surface area contributed by atoms with Gasteiger partial charge in [0.1, 0.15) is 4.90 Å². The van der Waals surface area contributed by atoms with Crippen LogP contribution in [-0.2, 0) is 31.4 Å². The number of carbonyl (C=O) groups is 1. The number of nitrogens with zero attached hydrogens (tertiary/aromatic N) is 2. The fourth-order valence-corrected chi connectivity index (χ4v) is 6.67. The molecule has 2 aromatic carbocycles. The van der Waals surface area contributed by atoms with Gasteiger partial charge in [0.15, 0.2) is 0 Å². The van der Waals surface area contributed by atoms with E-state index in [4.69, 9.17) is 23.2 Å². The van der Waals surface area contributed by atoms with Crippen molar-refractivity contribution in [3.63, 3.8) is 0 Å². The van der Waals surface area contributed by atoms with E-state index in [9.17, 15) is 21.6 Å².